The van der Waals surface area contributed by atoms with E-state index in [2.05, 4.69) is 34.5 Å². The molecule has 174 valence electrons. The monoisotopic (exact) mass is 447 g/mol. The van der Waals surface area contributed by atoms with Crippen LogP contribution in [0.1, 0.15) is 55.3 Å². The Morgan fingerprint density at radius 3 is 2.55 bits per heavy atom. The average Bonchev–Trinajstić information content (AvgIpc) is 3.06. The molecule has 2 heterocycles. The molecule has 2 aromatic rings. The number of amides is 2. The SMILES string of the molecule is CNC(=O)C[C@@]1(C)C(=O)N(C2CCN([C@@H]3c4ccccc4CC[C@H]3O)CC2)c2ccccc21. The van der Waals surface area contributed by atoms with E-state index in [0.717, 1.165) is 50.0 Å². The van der Waals surface area contributed by atoms with Gasteiger partial charge in [0.15, 0.2) is 0 Å². The Morgan fingerprint density at radius 1 is 1.09 bits per heavy atom. The van der Waals surface area contributed by atoms with Gasteiger partial charge in [0.25, 0.3) is 0 Å². The molecule has 6 heteroatoms. The van der Waals surface area contributed by atoms with Crippen molar-refractivity contribution in [1.82, 2.24) is 10.2 Å². The van der Waals surface area contributed by atoms with Gasteiger partial charge in [0, 0.05) is 38.3 Å². The molecule has 0 bridgehead atoms. The van der Waals surface area contributed by atoms with Crippen LogP contribution in [0.3, 0.4) is 0 Å². The Hall–Kier alpha value is -2.70. The molecule has 5 rings (SSSR count). The molecule has 2 aliphatic heterocycles. The van der Waals surface area contributed by atoms with Gasteiger partial charge in [-0.1, -0.05) is 42.5 Å². The van der Waals surface area contributed by atoms with E-state index in [1.807, 2.05) is 36.1 Å². The smallest absolute Gasteiger partial charge is 0.238 e. The highest BCUT2D eigenvalue weighted by atomic mass is 16.3. The van der Waals surface area contributed by atoms with E-state index < -0.39 is 5.41 Å². The minimum absolute atomic E-state index is 0.0220. The molecule has 2 amide bonds. The molecule has 6 nitrogen and oxygen atoms in total. The molecular formula is C27H33N3O3. The van der Waals surface area contributed by atoms with Crippen LogP contribution in [0.15, 0.2) is 48.5 Å². The lowest BCUT2D eigenvalue weighted by molar-refractivity contribution is -0.129. The molecule has 0 radical (unpaired) electrons. The summed E-state index contributed by atoms with van der Waals surface area (Å²) in [5.41, 5.74) is 3.62. The fourth-order valence-corrected chi connectivity index (χ4v) is 6.16. The number of nitrogens with one attached hydrogen (secondary N) is 1. The summed E-state index contributed by atoms with van der Waals surface area (Å²) in [6.45, 7) is 3.56. The quantitative estimate of drug-likeness (QED) is 0.756. The van der Waals surface area contributed by atoms with Gasteiger partial charge in [-0.2, -0.15) is 0 Å². The first-order valence-corrected chi connectivity index (χ1v) is 12.1. The van der Waals surface area contributed by atoms with Gasteiger partial charge in [0.05, 0.1) is 17.6 Å². The highest BCUT2D eigenvalue weighted by molar-refractivity contribution is 6.10. The van der Waals surface area contributed by atoms with E-state index in [4.69, 9.17) is 0 Å². The van der Waals surface area contributed by atoms with E-state index in [1.165, 1.54) is 11.1 Å². The number of para-hydroxylation sites is 1. The molecule has 1 saturated heterocycles. The summed E-state index contributed by atoms with van der Waals surface area (Å²) >= 11 is 0. The van der Waals surface area contributed by atoms with Gasteiger partial charge >= 0.3 is 0 Å². The maximum absolute atomic E-state index is 13.7. The third kappa shape index (κ3) is 3.65. The molecule has 33 heavy (non-hydrogen) atoms. The molecule has 3 atom stereocenters. The molecule has 1 aliphatic carbocycles. The average molecular weight is 448 g/mol. The standard InChI is InChI=1S/C27H33N3O3/c1-27(17-24(32)28-2)21-9-5-6-10-22(21)30(26(27)33)19-13-15-29(16-14-19)25-20-8-4-3-7-18(20)11-12-23(25)31/h3-10,19,23,25,31H,11-17H2,1-2H3,(H,28,32)/t23-,25-,27-/m1/s1. The number of piperidine rings is 1. The van der Waals surface area contributed by atoms with Crippen LogP contribution < -0.4 is 10.2 Å². The Morgan fingerprint density at radius 2 is 1.79 bits per heavy atom. The number of aryl methyl sites for hydroxylation is 1. The summed E-state index contributed by atoms with van der Waals surface area (Å²) in [4.78, 5) is 30.3. The number of fused-ring (bicyclic) bond motifs is 2. The molecule has 2 aromatic carbocycles. The van der Waals surface area contributed by atoms with E-state index in [-0.39, 0.29) is 36.4 Å². The first-order chi connectivity index (χ1) is 15.9. The van der Waals surface area contributed by atoms with Crippen molar-refractivity contribution in [2.45, 2.75) is 62.6 Å². The zero-order valence-corrected chi connectivity index (χ0v) is 19.5. The predicted octanol–water partition coefficient (Wildman–Crippen LogP) is 2.94. The van der Waals surface area contributed by atoms with Gasteiger partial charge in [-0.15, -0.1) is 0 Å². The molecule has 0 unspecified atom stereocenters. The minimum atomic E-state index is -0.841. The predicted molar refractivity (Wildman–Crippen MR) is 128 cm³/mol. The third-order valence-corrected chi connectivity index (χ3v) is 7.95. The van der Waals surface area contributed by atoms with Crippen molar-refractivity contribution in [2.24, 2.45) is 0 Å². The number of anilines is 1. The lowest BCUT2D eigenvalue weighted by atomic mass is 9.80. The molecule has 2 N–H and O–H groups in total. The Bertz CT molecular complexity index is 1060. The largest absolute Gasteiger partial charge is 0.391 e. The zero-order valence-electron chi connectivity index (χ0n) is 19.5. The molecule has 3 aliphatic rings. The number of aliphatic hydroxyl groups is 1. The highest BCUT2D eigenvalue weighted by Gasteiger charge is 2.50. The summed E-state index contributed by atoms with van der Waals surface area (Å²) in [5.74, 6) is -0.101. The third-order valence-electron chi connectivity index (χ3n) is 7.95. The molecular weight excluding hydrogens is 414 g/mol. The molecule has 1 fully saturated rings. The van der Waals surface area contributed by atoms with Crippen LogP contribution in [0, 0.1) is 0 Å². The second kappa shape index (κ2) is 8.58. The maximum atomic E-state index is 13.7. The van der Waals surface area contributed by atoms with Crippen LogP contribution >= 0.6 is 0 Å². The Kier molecular flexibility index (Phi) is 5.75. The van der Waals surface area contributed by atoms with Crippen LogP contribution in [0.2, 0.25) is 0 Å². The molecule has 0 spiro atoms. The number of carbonyl (C=O) groups is 2. The normalized spacial score (nSPS) is 27.8. The van der Waals surface area contributed by atoms with E-state index in [9.17, 15) is 14.7 Å². The number of rotatable bonds is 4. The number of hydrogen-bond acceptors (Lipinski definition) is 4. The number of likely N-dealkylation sites (tertiary alicyclic amines) is 1. The molecule has 0 saturated carbocycles. The van der Waals surface area contributed by atoms with Crippen LogP contribution in [0.25, 0.3) is 0 Å². The summed E-state index contributed by atoms with van der Waals surface area (Å²) in [6, 6.07) is 16.5. The van der Waals surface area contributed by atoms with Crippen LogP contribution in [0.4, 0.5) is 5.69 Å². The lowest BCUT2D eigenvalue weighted by Gasteiger charge is -2.44. The number of nitrogens with zero attached hydrogens (tertiary/aromatic N) is 2. The molecule has 0 aromatic heterocycles. The number of benzene rings is 2. The van der Waals surface area contributed by atoms with Gasteiger partial charge < -0.3 is 15.3 Å². The van der Waals surface area contributed by atoms with E-state index in [1.54, 1.807) is 7.05 Å². The van der Waals surface area contributed by atoms with Crippen LogP contribution in [0.5, 0.6) is 0 Å². The zero-order chi connectivity index (χ0) is 23.2. The lowest BCUT2D eigenvalue weighted by Crippen LogP contribution is -2.51. The first-order valence-electron chi connectivity index (χ1n) is 12.1. The Balaban J connectivity index is 1.37. The van der Waals surface area contributed by atoms with E-state index in [0.29, 0.717) is 0 Å². The second-order valence-electron chi connectivity index (χ2n) is 9.89. The fourth-order valence-electron chi connectivity index (χ4n) is 6.16. The number of carbonyl (C=O) groups excluding carboxylic acids is 2. The van der Waals surface area contributed by atoms with Crippen molar-refractivity contribution in [3.63, 3.8) is 0 Å². The number of aliphatic hydroxyl groups excluding tert-OH is 1. The number of hydrogen-bond donors (Lipinski definition) is 2. The first kappa shape index (κ1) is 22.1. The topological polar surface area (TPSA) is 72.9 Å². The van der Waals surface area contributed by atoms with Crippen molar-refractivity contribution in [3.8, 4) is 0 Å². The van der Waals surface area contributed by atoms with Crippen LogP contribution in [-0.4, -0.2) is 54.1 Å². The fraction of sp³-hybridized carbons (Fsp3) is 0.481. The van der Waals surface area contributed by atoms with E-state index >= 15 is 0 Å². The van der Waals surface area contributed by atoms with Crippen molar-refractivity contribution in [1.29, 1.82) is 0 Å². The highest BCUT2D eigenvalue weighted by Crippen LogP contribution is 2.46. The Labute approximate surface area is 195 Å². The van der Waals surface area contributed by atoms with Crippen molar-refractivity contribution in [2.75, 3.05) is 25.0 Å². The van der Waals surface area contributed by atoms with Crippen molar-refractivity contribution in [3.05, 3.63) is 65.2 Å². The second-order valence-corrected chi connectivity index (χ2v) is 9.89. The van der Waals surface area contributed by atoms with Crippen molar-refractivity contribution < 1.29 is 14.7 Å². The van der Waals surface area contributed by atoms with Gasteiger partial charge in [-0.05, 0) is 55.4 Å². The summed E-state index contributed by atoms with van der Waals surface area (Å²) in [6.07, 6.45) is 3.20. The van der Waals surface area contributed by atoms with Gasteiger partial charge in [0.1, 0.15) is 0 Å². The summed E-state index contributed by atoms with van der Waals surface area (Å²) < 4.78 is 0. The van der Waals surface area contributed by atoms with Crippen molar-refractivity contribution >= 4 is 17.5 Å². The summed E-state index contributed by atoms with van der Waals surface area (Å²) in [5, 5.41) is 13.5. The van der Waals surface area contributed by atoms with Crippen LogP contribution in [-0.2, 0) is 21.4 Å². The van der Waals surface area contributed by atoms with Gasteiger partial charge in [0.2, 0.25) is 11.8 Å². The summed E-state index contributed by atoms with van der Waals surface area (Å²) in [7, 11) is 1.61. The maximum Gasteiger partial charge on any atom is 0.238 e. The van der Waals surface area contributed by atoms with Gasteiger partial charge in [-0.25, -0.2) is 0 Å². The van der Waals surface area contributed by atoms with Gasteiger partial charge in [-0.3, -0.25) is 14.5 Å². The minimum Gasteiger partial charge on any atom is -0.391 e.